The first-order valence-electron chi connectivity index (χ1n) is 7.28. The van der Waals surface area contributed by atoms with E-state index >= 15 is 0 Å². The van der Waals surface area contributed by atoms with Gasteiger partial charge in [-0.05, 0) is 43.9 Å². The van der Waals surface area contributed by atoms with Crippen LogP contribution < -0.4 is 10.2 Å². The van der Waals surface area contributed by atoms with Gasteiger partial charge in [-0.25, -0.2) is 0 Å². The lowest BCUT2D eigenvalue weighted by molar-refractivity contribution is -0.122. The van der Waals surface area contributed by atoms with Crippen LogP contribution >= 0.6 is 0 Å². The predicted molar refractivity (Wildman–Crippen MR) is 77.4 cm³/mol. The van der Waals surface area contributed by atoms with Crippen molar-refractivity contribution in [2.45, 2.75) is 26.7 Å². The van der Waals surface area contributed by atoms with Crippen molar-refractivity contribution in [1.82, 2.24) is 5.32 Å². The molecule has 1 aromatic rings. The molecule has 1 saturated heterocycles. The summed E-state index contributed by atoms with van der Waals surface area (Å²) >= 11 is 0. The molecule has 1 fully saturated rings. The van der Waals surface area contributed by atoms with Crippen molar-refractivity contribution in [1.29, 1.82) is 0 Å². The number of amides is 1. The van der Waals surface area contributed by atoms with E-state index in [0.717, 1.165) is 38.2 Å². The molecule has 3 heteroatoms. The lowest BCUT2D eigenvalue weighted by Gasteiger charge is -2.32. The van der Waals surface area contributed by atoms with Crippen LogP contribution in [0, 0.1) is 18.8 Å². The van der Waals surface area contributed by atoms with Crippen molar-refractivity contribution in [3.05, 3.63) is 29.3 Å². The van der Waals surface area contributed by atoms with E-state index in [4.69, 9.17) is 0 Å². The van der Waals surface area contributed by atoms with E-state index in [0.29, 0.717) is 11.8 Å². The molecule has 1 aromatic carbocycles. The van der Waals surface area contributed by atoms with E-state index < -0.39 is 0 Å². The molecule has 0 saturated carbocycles. The van der Waals surface area contributed by atoms with E-state index in [-0.39, 0.29) is 5.92 Å². The molecule has 1 N–H and O–H groups in total. The first kappa shape index (κ1) is 12.7. The molecule has 1 amide bonds. The first-order valence-corrected chi connectivity index (χ1v) is 7.28. The molecular weight excluding hydrogens is 236 g/mol. The van der Waals surface area contributed by atoms with Crippen LogP contribution in [0.1, 0.15) is 24.5 Å². The van der Waals surface area contributed by atoms with Crippen LogP contribution in [-0.2, 0) is 11.2 Å². The van der Waals surface area contributed by atoms with Gasteiger partial charge < -0.3 is 10.2 Å². The van der Waals surface area contributed by atoms with Gasteiger partial charge in [0, 0.05) is 18.8 Å². The van der Waals surface area contributed by atoms with E-state index in [9.17, 15) is 4.79 Å². The Hall–Kier alpha value is -1.35. The van der Waals surface area contributed by atoms with Crippen LogP contribution in [0.3, 0.4) is 0 Å². The van der Waals surface area contributed by atoms with Crippen molar-refractivity contribution in [3.63, 3.8) is 0 Å². The molecule has 0 spiro atoms. The summed E-state index contributed by atoms with van der Waals surface area (Å²) in [6.45, 7) is 6.95. The summed E-state index contributed by atoms with van der Waals surface area (Å²) in [5.74, 6) is 0.901. The minimum atomic E-state index is 0.146. The van der Waals surface area contributed by atoms with Crippen molar-refractivity contribution in [2.24, 2.45) is 11.8 Å². The second-order valence-corrected chi connectivity index (χ2v) is 5.97. The van der Waals surface area contributed by atoms with Gasteiger partial charge in [-0.2, -0.15) is 0 Å². The first-order chi connectivity index (χ1) is 9.16. The van der Waals surface area contributed by atoms with E-state index in [2.05, 4.69) is 37.4 Å². The molecule has 2 atom stereocenters. The summed E-state index contributed by atoms with van der Waals surface area (Å²) in [5, 5.41) is 3.33. The van der Waals surface area contributed by atoms with Crippen molar-refractivity contribution in [3.8, 4) is 0 Å². The number of hydrogen-bond acceptors (Lipinski definition) is 2. The molecule has 3 nitrogen and oxygen atoms in total. The van der Waals surface area contributed by atoms with Gasteiger partial charge in [-0.3, -0.25) is 4.79 Å². The van der Waals surface area contributed by atoms with Crippen LogP contribution in [0.25, 0.3) is 0 Å². The van der Waals surface area contributed by atoms with Crippen LogP contribution in [0.15, 0.2) is 18.2 Å². The zero-order chi connectivity index (χ0) is 13.4. The van der Waals surface area contributed by atoms with Crippen LogP contribution in [0.5, 0.6) is 0 Å². The molecule has 0 bridgehead atoms. The number of carbonyl (C=O) groups excluding carboxylic acids is 1. The minimum Gasteiger partial charge on any atom is -0.316 e. The number of carbonyl (C=O) groups is 1. The Balaban J connectivity index is 1.89. The molecule has 102 valence electrons. The average molecular weight is 258 g/mol. The molecule has 0 aromatic heterocycles. The Kier molecular flexibility index (Phi) is 3.31. The van der Waals surface area contributed by atoms with Crippen molar-refractivity contribution in [2.75, 3.05) is 24.5 Å². The Morgan fingerprint density at radius 3 is 2.95 bits per heavy atom. The highest BCUT2D eigenvalue weighted by Gasteiger charge is 2.34. The van der Waals surface area contributed by atoms with Crippen molar-refractivity contribution < 1.29 is 4.79 Å². The Morgan fingerprint density at radius 2 is 2.21 bits per heavy atom. The maximum atomic E-state index is 12.7. The molecule has 2 heterocycles. The third kappa shape index (κ3) is 2.27. The van der Waals surface area contributed by atoms with Crippen molar-refractivity contribution >= 4 is 11.6 Å². The highest BCUT2D eigenvalue weighted by Crippen LogP contribution is 2.30. The normalized spacial score (nSPS) is 26.3. The standard InChI is InChI=1S/C16H22N2O/c1-11-5-6-15-13(8-11)4-3-7-18(15)16(19)14-10-17-9-12(14)2/h5-6,8,12,14,17H,3-4,7,9-10H2,1-2H3/t12-,14-/m1/s1. The second-order valence-electron chi connectivity index (χ2n) is 5.97. The number of benzene rings is 1. The molecule has 19 heavy (non-hydrogen) atoms. The monoisotopic (exact) mass is 258 g/mol. The summed E-state index contributed by atoms with van der Waals surface area (Å²) in [5.41, 5.74) is 3.75. The lowest BCUT2D eigenvalue weighted by Crippen LogP contribution is -2.41. The maximum absolute atomic E-state index is 12.7. The summed E-state index contributed by atoms with van der Waals surface area (Å²) in [7, 11) is 0. The zero-order valence-electron chi connectivity index (χ0n) is 11.8. The Labute approximate surface area is 115 Å². The van der Waals surface area contributed by atoms with E-state index in [1.807, 2.05) is 4.90 Å². The molecular formula is C16H22N2O. The second kappa shape index (κ2) is 4.97. The molecule has 3 rings (SSSR count). The molecule has 2 aliphatic rings. The van der Waals surface area contributed by atoms with Gasteiger partial charge in [-0.15, -0.1) is 0 Å². The Bertz CT molecular complexity index is 498. The number of anilines is 1. The number of hydrogen-bond donors (Lipinski definition) is 1. The van der Waals surface area contributed by atoms with Gasteiger partial charge in [0.1, 0.15) is 0 Å². The maximum Gasteiger partial charge on any atom is 0.231 e. The van der Waals surface area contributed by atoms with Crippen LogP contribution in [0.4, 0.5) is 5.69 Å². The fourth-order valence-corrected chi connectivity index (χ4v) is 3.30. The average Bonchev–Trinajstić information content (AvgIpc) is 2.83. The SMILES string of the molecule is Cc1ccc2c(c1)CCCN2C(=O)[C@@H]1CNC[C@H]1C. The van der Waals surface area contributed by atoms with Gasteiger partial charge in [0.05, 0.1) is 5.92 Å². The Morgan fingerprint density at radius 1 is 1.37 bits per heavy atom. The third-order valence-corrected chi connectivity index (χ3v) is 4.45. The van der Waals surface area contributed by atoms with Gasteiger partial charge in [0.2, 0.25) is 5.91 Å². The largest absolute Gasteiger partial charge is 0.316 e. The summed E-state index contributed by atoms with van der Waals surface area (Å²) in [6, 6.07) is 6.46. The van der Waals surface area contributed by atoms with Gasteiger partial charge in [0.25, 0.3) is 0 Å². The number of aryl methyl sites for hydroxylation is 2. The lowest BCUT2D eigenvalue weighted by atomic mass is 9.93. The zero-order valence-corrected chi connectivity index (χ0v) is 11.8. The number of fused-ring (bicyclic) bond motifs is 1. The van der Waals surface area contributed by atoms with Gasteiger partial charge in [-0.1, -0.05) is 24.6 Å². The van der Waals surface area contributed by atoms with Gasteiger partial charge >= 0.3 is 0 Å². The highest BCUT2D eigenvalue weighted by atomic mass is 16.2. The van der Waals surface area contributed by atoms with E-state index in [1.54, 1.807) is 0 Å². The quantitative estimate of drug-likeness (QED) is 0.837. The number of nitrogens with one attached hydrogen (secondary N) is 1. The summed E-state index contributed by atoms with van der Waals surface area (Å²) in [4.78, 5) is 14.8. The molecule has 0 radical (unpaired) electrons. The topological polar surface area (TPSA) is 32.3 Å². The molecule has 2 aliphatic heterocycles. The highest BCUT2D eigenvalue weighted by molar-refractivity contribution is 5.96. The third-order valence-electron chi connectivity index (χ3n) is 4.45. The summed E-state index contributed by atoms with van der Waals surface area (Å²) in [6.07, 6.45) is 2.18. The van der Waals surface area contributed by atoms with Crippen LogP contribution in [0.2, 0.25) is 0 Å². The number of rotatable bonds is 1. The van der Waals surface area contributed by atoms with E-state index in [1.165, 1.54) is 11.1 Å². The molecule has 0 aliphatic carbocycles. The fourth-order valence-electron chi connectivity index (χ4n) is 3.30. The smallest absolute Gasteiger partial charge is 0.231 e. The minimum absolute atomic E-state index is 0.146. The van der Waals surface area contributed by atoms with Crippen LogP contribution in [-0.4, -0.2) is 25.5 Å². The fraction of sp³-hybridized carbons (Fsp3) is 0.562. The van der Waals surface area contributed by atoms with Gasteiger partial charge in [0.15, 0.2) is 0 Å². The predicted octanol–water partition coefficient (Wildman–Crippen LogP) is 2.13. The molecule has 0 unspecified atom stereocenters. The number of nitrogens with zero attached hydrogens (tertiary/aromatic N) is 1. The summed E-state index contributed by atoms with van der Waals surface area (Å²) < 4.78 is 0.